The quantitative estimate of drug-likeness (QED) is 0.615. The van der Waals surface area contributed by atoms with Gasteiger partial charge in [0.15, 0.2) is 0 Å². The van der Waals surface area contributed by atoms with Crippen molar-refractivity contribution in [2.24, 2.45) is 0 Å². The average Bonchev–Trinajstić information content (AvgIpc) is 2.65. The lowest BCUT2D eigenvalue weighted by Gasteiger charge is -2.44. The van der Waals surface area contributed by atoms with Gasteiger partial charge < -0.3 is 9.64 Å². The Balaban J connectivity index is 1.65. The molecule has 1 heterocycles. The number of rotatable bonds is 4. The van der Waals surface area contributed by atoms with Crippen LogP contribution < -0.4 is 4.74 Å². The lowest BCUT2D eigenvalue weighted by atomic mass is 10.0. The summed E-state index contributed by atoms with van der Waals surface area (Å²) in [4.78, 5) is 28.3. The molecule has 0 spiro atoms. The van der Waals surface area contributed by atoms with E-state index in [0.29, 0.717) is 24.4 Å². The van der Waals surface area contributed by atoms with Crippen molar-refractivity contribution in [1.29, 1.82) is 0 Å². The zero-order valence-electron chi connectivity index (χ0n) is 16.1. The lowest BCUT2D eigenvalue weighted by molar-refractivity contribution is -0.131. The Morgan fingerprint density at radius 2 is 1.56 bits per heavy atom. The summed E-state index contributed by atoms with van der Waals surface area (Å²) in [5.41, 5.74) is 1.90. The summed E-state index contributed by atoms with van der Waals surface area (Å²) in [6.07, 6.45) is 0. The third kappa shape index (κ3) is 4.74. The highest BCUT2D eigenvalue weighted by atomic mass is 16.5. The summed E-state index contributed by atoms with van der Waals surface area (Å²) < 4.78 is 5.03. The SMILES string of the molecule is CC(=O)Oc1ccc(C(=O)N2C[C@@H](C)N(Cc3ccccc3)[C@@H](C)C2)cc1. The van der Waals surface area contributed by atoms with Crippen molar-refractivity contribution < 1.29 is 14.3 Å². The molecule has 2 aromatic rings. The van der Waals surface area contributed by atoms with Crippen molar-refractivity contribution in [2.75, 3.05) is 13.1 Å². The smallest absolute Gasteiger partial charge is 0.308 e. The standard InChI is InChI=1S/C22H26N2O3/c1-16-13-23(14-17(2)24(16)15-19-7-5-4-6-8-19)22(26)20-9-11-21(12-10-20)27-18(3)25/h4-12,16-17H,13-15H2,1-3H3/t16-,17+. The maximum absolute atomic E-state index is 12.9. The van der Waals surface area contributed by atoms with E-state index < -0.39 is 0 Å². The molecule has 0 aliphatic carbocycles. The van der Waals surface area contributed by atoms with Crippen LogP contribution in [-0.2, 0) is 11.3 Å². The third-order valence-electron chi connectivity index (χ3n) is 4.96. The zero-order chi connectivity index (χ0) is 19.4. The first-order valence-corrected chi connectivity index (χ1v) is 9.31. The largest absolute Gasteiger partial charge is 0.427 e. The molecule has 0 bridgehead atoms. The molecule has 1 amide bonds. The Hall–Kier alpha value is -2.66. The molecule has 1 aliphatic heterocycles. The maximum atomic E-state index is 12.9. The van der Waals surface area contributed by atoms with Crippen LogP contribution in [0.2, 0.25) is 0 Å². The second kappa shape index (κ2) is 8.35. The van der Waals surface area contributed by atoms with Gasteiger partial charge in [0, 0.05) is 44.2 Å². The summed E-state index contributed by atoms with van der Waals surface area (Å²) in [7, 11) is 0. The monoisotopic (exact) mass is 366 g/mol. The minimum atomic E-state index is -0.369. The number of esters is 1. The molecule has 142 valence electrons. The number of carbonyl (C=O) groups excluding carboxylic acids is 2. The van der Waals surface area contributed by atoms with Crippen LogP contribution >= 0.6 is 0 Å². The summed E-state index contributed by atoms with van der Waals surface area (Å²) in [6, 6.07) is 17.7. The van der Waals surface area contributed by atoms with E-state index in [4.69, 9.17) is 4.74 Å². The Labute approximate surface area is 160 Å². The molecule has 1 fully saturated rings. The fourth-order valence-corrected chi connectivity index (χ4v) is 3.64. The summed E-state index contributed by atoms with van der Waals surface area (Å²) in [5.74, 6) is 0.0992. The van der Waals surface area contributed by atoms with Gasteiger partial charge in [-0.3, -0.25) is 14.5 Å². The van der Waals surface area contributed by atoms with Gasteiger partial charge in [0.05, 0.1) is 0 Å². The number of hydrogen-bond acceptors (Lipinski definition) is 4. The van der Waals surface area contributed by atoms with Gasteiger partial charge in [0.2, 0.25) is 0 Å². The van der Waals surface area contributed by atoms with Crippen LogP contribution in [0.4, 0.5) is 0 Å². The molecule has 2 atom stereocenters. The molecule has 0 N–H and O–H groups in total. The van der Waals surface area contributed by atoms with Crippen LogP contribution in [0.3, 0.4) is 0 Å². The molecule has 1 saturated heterocycles. The molecule has 0 aromatic heterocycles. The van der Waals surface area contributed by atoms with E-state index in [1.165, 1.54) is 12.5 Å². The molecule has 0 saturated carbocycles. The molecule has 2 aromatic carbocycles. The Morgan fingerprint density at radius 1 is 0.963 bits per heavy atom. The third-order valence-corrected chi connectivity index (χ3v) is 4.96. The van der Waals surface area contributed by atoms with Gasteiger partial charge in [-0.25, -0.2) is 0 Å². The highest BCUT2D eigenvalue weighted by Crippen LogP contribution is 2.21. The minimum absolute atomic E-state index is 0.0161. The van der Waals surface area contributed by atoms with Gasteiger partial charge >= 0.3 is 5.97 Å². The van der Waals surface area contributed by atoms with Crippen molar-refractivity contribution in [2.45, 2.75) is 39.4 Å². The Kier molecular flexibility index (Phi) is 5.91. The van der Waals surface area contributed by atoms with Gasteiger partial charge in [-0.1, -0.05) is 30.3 Å². The topological polar surface area (TPSA) is 49.9 Å². The number of amides is 1. The fourth-order valence-electron chi connectivity index (χ4n) is 3.64. The molecule has 0 radical (unpaired) electrons. The van der Waals surface area contributed by atoms with E-state index >= 15 is 0 Å². The van der Waals surface area contributed by atoms with Gasteiger partial charge in [-0.2, -0.15) is 0 Å². The van der Waals surface area contributed by atoms with E-state index in [2.05, 4.69) is 43.0 Å². The predicted octanol–water partition coefficient (Wildman–Crippen LogP) is 3.35. The van der Waals surface area contributed by atoms with Crippen LogP contribution in [0.15, 0.2) is 54.6 Å². The van der Waals surface area contributed by atoms with Gasteiger partial charge in [0.25, 0.3) is 5.91 Å². The zero-order valence-corrected chi connectivity index (χ0v) is 16.1. The van der Waals surface area contributed by atoms with E-state index in [1.807, 2.05) is 11.0 Å². The van der Waals surface area contributed by atoms with E-state index in [0.717, 1.165) is 6.54 Å². The van der Waals surface area contributed by atoms with Gasteiger partial charge in [-0.05, 0) is 43.7 Å². The number of benzene rings is 2. The van der Waals surface area contributed by atoms with Crippen LogP contribution in [0, 0.1) is 0 Å². The number of nitrogens with zero attached hydrogens (tertiary/aromatic N) is 2. The fraction of sp³-hybridized carbons (Fsp3) is 0.364. The van der Waals surface area contributed by atoms with Crippen LogP contribution in [0.5, 0.6) is 5.75 Å². The molecule has 1 aliphatic rings. The molecule has 27 heavy (non-hydrogen) atoms. The first-order chi connectivity index (χ1) is 12.9. The molecule has 3 rings (SSSR count). The van der Waals surface area contributed by atoms with Crippen molar-refractivity contribution in [3.63, 3.8) is 0 Å². The van der Waals surface area contributed by atoms with Crippen molar-refractivity contribution in [3.8, 4) is 5.75 Å². The van der Waals surface area contributed by atoms with E-state index in [-0.39, 0.29) is 24.0 Å². The number of hydrogen-bond donors (Lipinski definition) is 0. The maximum Gasteiger partial charge on any atom is 0.308 e. The van der Waals surface area contributed by atoms with Crippen molar-refractivity contribution in [1.82, 2.24) is 9.80 Å². The summed E-state index contributed by atoms with van der Waals surface area (Å²) >= 11 is 0. The molecule has 5 heteroatoms. The molecular weight excluding hydrogens is 340 g/mol. The summed E-state index contributed by atoms with van der Waals surface area (Å²) in [6.45, 7) is 7.98. The van der Waals surface area contributed by atoms with E-state index in [1.54, 1.807) is 24.3 Å². The van der Waals surface area contributed by atoms with Crippen LogP contribution in [0.1, 0.15) is 36.7 Å². The second-order valence-electron chi connectivity index (χ2n) is 7.18. The first-order valence-electron chi connectivity index (χ1n) is 9.31. The van der Waals surface area contributed by atoms with Gasteiger partial charge in [0.1, 0.15) is 5.75 Å². The van der Waals surface area contributed by atoms with Crippen molar-refractivity contribution >= 4 is 11.9 Å². The second-order valence-corrected chi connectivity index (χ2v) is 7.18. The van der Waals surface area contributed by atoms with Crippen LogP contribution in [0.25, 0.3) is 0 Å². The lowest BCUT2D eigenvalue weighted by Crippen LogP contribution is -2.57. The average molecular weight is 366 g/mol. The summed E-state index contributed by atoms with van der Waals surface area (Å²) in [5, 5.41) is 0. The predicted molar refractivity (Wildman–Crippen MR) is 105 cm³/mol. The highest BCUT2D eigenvalue weighted by molar-refractivity contribution is 5.94. The minimum Gasteiger partial charge on any atom is -0.427 e. The van der Waals surface area contributed by atoms with Crippen molar-refractivity contribution in [3.05, 3.63) is 65.7 Å². The highest BCUT2D eigenvalue weighted by Gasteiger charge is 2.32. The number of piperazine rings is 1. The molecule has 0 unspecified atom stereocenters. The first kappa shape index (κ1) is 19.1. The van der Waals surface area contributed by atoms with Gasteiger partial charge in [-0.15, -0.1) is 0 Å². The Morgan fingerprint density at radius 3 is 2.11 bits per heavy atom. The molecule has 5 nitrogen and oxygen atoms in total. The Bertz CT molecular complexity index is 777. The number of ether oxygens (including phenoxy) is 1. The van der Waals surface area contributed by atoms with E-state index in [9.17, 15) is 9.59 Å². The van der Waals surface area contributed by atoms with Crippen LogP contribution in [-0.4, -0.2) is 46.8 Å². The number of carbonyl (C=O) groups is 2. The normalized spacial score (nSPS) is 20.3. The molecular formula is C22H26N2O3.